The lowest BCUT2D eigenvalue weighted by atomic mass is 10.1. The number of carbonyl (C=O) groups is 1. The molecule has 0 aliphatic carbocycles. The zero-order valence-corrected chi connectivity index (χ0v) is 12.7. The maximum absolute atomic E-state index is 11.9. The van der Waals surface area contributed by atoms with Crippen molar-refractivity contribution in [3.05, 3.63) is 63.9 Å². The third kappa shape index (κ3) is 2.91. The van der Waals surface area contributed by atoms with Crippen LogP contribution in [0, 0.1) is 0 Å². The summed E-state index contributed by atoms with van der Waals surface area (Å²) in [5, 5.41) is 10.6. The number of carbonyl (C=O) groups excluding carboxylic acids is 1. The van der Waals surface area contributed by atoms with Crippen molar-refractivity contribution in [2.24, 2.45) is 4.99 Å². The third-order valence-corrected chi connectivity index (χ3v) is 3.34. The second kappa shape index (κ2) is 6.41. The first-order valence-electron chi connectivity index (χ1n) is 7.02. The van der Waals surface area contributed by atoms with Crippen molar-refractivity contribution in [1.29, 1.82) is 0 Å². The monoisotopic (exact) mass is 327 g/mol. The maximum atomic E-state index is 11.9. The Morgan fingerprint density at radius 2 is 2.04 bits per heavy atom. The molecular formula is C17H13NO6. The number of hydrogen-bond donors (Lipinski definition) is 1. The fraction of sp³-hybridized carbons (Fsp3) is 0.118. The number of fused-ring (bicyclic) bond motifs is 1. The SMILES string of the molecule is COC(=O)c1ccc(CN=Cc2c(O)c3ccccc3oc2=O)o1. The van der Waals surface area contributed by atoms with Crippen molar-refractivity contribution >= 4 is 23.2 Å². The highest BCUT2D eigenvalue weighted by Gasteiger charge is 2.12. The Labute approximate surface area is 135 Å². The van der Waals surface area contributed by atoms with Gasteiger partial charge in [0.05, 0.1) is 19.0 Å². The molecule has 24 heavy (non-hydrogen) atoms. The molecule has 2 heterocycles. The molecule has 0 saturated heterocycles. The van der Waals surface area contributed by atoms with Crippen molar-refractivity contribution in [1.82, 2.24) is 0 Å². The van der Waals surface area contributed by atoms with Crippen LogP contribution in [0.2, 0.25) is 0 Å². The zero-order valence-electron chi connectivity index (χ0n) is 12.7. The summed E-state index contributed by atoms with van der Waals surface area (Å²) in [4.78, 5) is 27.3. The van der Waals surface area contributed by atoms with E-state index in [1.54, 1.807) is 30.3 Å². The second-order valence-electron chi connectivity index (χ2n) is 4.88. The summed E-state index contributed by atoms with van der Waals surface area (Å²) in [5.41, 5.74) is -0.441. The van der Waals surface area contributed by atoms with Gasteiger partial charge in [0.15, 0.2) is 0 Å². The minimum absolute atomic E-state index is 0.0477. The lowest BCUT2D eigenvalue weighted by Gasteiger charge is -2.02. The van der Waals surface area contributed by atoms with Gasteiger partial charge in [0.2, 0.25) is 5.76 Å². The van der Waals surface area contributed by atoms with E-state index in [0.29, 0.717) is 16.7 Å². The van der Waals surface area contributed by atoms with E-state index >= 15 is 0 Å². The van der Waals surface area contributed by atoms with Crippen LogP contribution in [0.1, 0.15) is 21.9 Å². The van der Waals surface area contributed by atoms with Crippen LogP contribution in [0.4, 0.5) is 0 Å². The van der Waals surface area contributed by atoms with Crippen LogP contribution in [-0.4, -0.2) is 24.4 Å². The average Bonchev–Trinajstić information content (AvgIpc) is 3.06. The first kappa shape index (κ1) is 15.5. The van der Waals surface area contributed by atoms with Crippen molar-refractivity contribution in [3.8, 4) is 5.75 Å². The normalized spacial score (nSPS) is 11.2. The Balaban J connectivity index is 1.84. The van der Waals surface area contributed by atoms with Crippen LogP contribution < -0.4 is 5.63 Å². The van der Waals surface area contributed by atoms with Gasteiger partial charge in [-0.3, -0.25) is 4.99 Å². The molecule has 7 nitrogen and oxygen atoms in total. The number of esters is 1. The van der Waals surface area contributed by atoms with Gasteiger partial charge in [0, 0.05) is 6.21 Å². The summed E-state index contributed by atoms with van der Waals surface area (Å²) >= 11 is 0. The Bertz CT molecular complexity index is 982. The summed E-state index contributed by atoms with van der Waals surface area (Å²) in [6.45, 7) is 0.0860. The van der Waals surface area contributed by atoms with Crippen molar-refractivity contribution < 1.29 is 23.5 Å². The number of benzene rings is 1. The van der Waals surface area contributed by atoms with E-state index in [0.717, 1.165) is 0 Å². The lowest BCUT2D eigenvalue weighted by molar-refractivity contribution is 0.0563. The van der Waals surface area contributed by atoms with Crippen LogP contribution in [0.15, 0.2) is 55.0 Å². The fourth-order valence-electron chi connectivity index (χ4n) is 2.16. The highest BCUT2D eigenvalue weighted by atomic mass is 16.5. The molecule has 2 aromatic heterocycles. The smallest absolute Gasteiger partial charge is 0.373 e. The molecule has 0 amide bonds. The van der Waals surface area contributed by atoms with Crippen LogP contribution in [0.3, 0.4) is 0 Å². The van der Waals surface area contributed by atoms with Gasteiger partial charge in [-0.2, -0.15) is 0 Å². The van der Waals surface area contributed by atoms with E-state index in [9.17, 15) is 14.7 Å². The molecule has 1 N–H and O–H groups in total. The molecule has 0 aliphatic heterocycles. The molecule has 1 aromatic carbocycles. The number of para-hydroxylation sites is 1. The molecule has 0 saturated carbocycles. The van der Waals surface area contributed by atoms with Crippen molar-refractivity contribution in [2.45, 2.75) is 6.54 Å². The summed E-state index contributed by atoms with van der Waals surface area (Å²) < 4.78 is 14.9. The number of methoxy groups -OCH3 is 1. The molecule has 0 spiro atoms. The van der Waals surface area contributed by atoms with Crippen LogP contribution in [-0.2, 0) is 11.3 Å². The zero-order chi connectivity index (χ0) is 17.1. The van der Waals surface area contributed by atoms with Gasteiger partial charge >= 0.3 is 11.6 Å². The molecule has 0 fully saturated rings. The summed E-state index contributed by atoms with van der Waals surface area (Å²) in [6.07, 6.45) is 1.22. The van der Waals surface area contributed by atoms with Gasteiger partial charge in [-0.05, 0) is 24.3 Å². The Hall–Kier alpha value is -3.35. The standard InChI is InChI=1S/C17H13NO6/c1-22-17(21)14-7-6-10(23-14)8-18-9-12-15(19)11-4-2-3-5-13(11)24-16(12)20/h2-7,9,19H,8H2,1H3. The molecule has 0 bridgehead atoms. The molecule has 7 heteroatoms. The fourth-order valence-corrected chi connectivity index (χ4v) is 2.16. The van der Waals surface area contributed by atoms with E-state index < -0.39 is 11.6 Å². The Morgan fingerprint density at radius 1 is 1.25 bits per heavy atom. The Kier molecular flexibility index (Phi) is 4.15. The van der Waals surface area contributed by atoms with E-state index in [-0.39, 0.29) is 23.6 Å². The van der Waals surface area contributed by atoms with Crippen LogP contribution in [0.25, 0.3) is 11.0 Å². The van der Waals surface area contributed by atoms with E-state index in [2.05, 4.69) is 9.73 Å². The summed E-state index contributed by atoms with van der Waals surface area (Å²) in [5.74, 6) is -0.301. The maximum Gasteiger partial charge on any atom is 0.373 e. The van der Waals surface area contributed by atoms with E-state index in [1.165, 1.54) is 19.4 Å². The van der Waals surface area contributed by atoms with Crippen molar-refractivity contribution in [2.75, 3.05) is 7.11 Å². The predicted molar refractivity (Wildman–Crippen MR) is 85.5 cm³/mol. The average molecular weight is 327 g/mol. The number of rotatable bonds is 4. The lowest BCUT2D eigenvalue weighted by Crippen LogP contribution is -2.07. The number of furan rings is 1. The topological polar surface area (TPSA) is 102 Å². The largest absolute Gasteiger partial charge is 0.506 e. The molecule has 0 radical (unpaired) electrons. The van der Waals surface area contributed by atoms with Gasteiger partial charge in [-0.1, -0.05) is 12.1 Å². The highest BCUT2D eigenvalue weighted by Crippen LogP contribution is 2.24. The molecule has 122 valence electrons. The molecule has 0 atom stereocenters. The summed E-state index contributed by atoms with van der Waals surface area (Å²) in [6, 6.07) is 9.70. The highest BCUT2D eigenvalue weighted by molar-refractivity contribution is 5.93. The quantitative estimate of drug-likeness (QED) is 0.449. The van der Waals surface area contributed by atoms with E-state index in [4.69, 9.17) is 8.83 Å². The molecule has 0 unspecified atom stereocenters. The number of ether oxygens (including phenoxy) is 1. The molecule has 0 aliphatic rings. The van der Waals surface area contributed by atoms with Gasteiger partial charge < -0.3 is 18.7 Å². The number of hydrogen-bond acceptors (Lipinski definition) is 7. The number of aromatic hydroxyl groups is 1. The second-order valence-corrected chi connectivity index (χ2v) is 4.88. The van der Waals surface area contributed by atoms with E-state index in [1.807, 2.05) is 0 Å². The first-order valence-corrected chi connectivity index (χ1v) is 7.02. The van der Waals surface area contributed by atoms with Gasteiger partial charge in [0.1, 0.15) is 22.7 Å². The molecule has 3 rings (SSSR count). The molecular weight excluding hydrogens is 314 g/mol. The van der Waals surface area contributed by atoms with Crippen LogP contribution in [0.5, 0.6) is 5.75 Å². The predicted octanol–water partition coefficient (Wildman–Crippen LogP) is 2.50. The minimum Gasteiger partial charge on any atom is -0.506 e. The number of nitrogens with zero attached hydrogens (tertiary/aromatic N) is 1. The van der Waals surface area contributed by atoms with Crippen LogP contribution >= 0.6 is 0 Å². The first-order chi connectivity index (χ1) is 11.6. The van der Waals surface area contributed by atoms with Gasteiger partial charge in [-0.15, -0.1) is 0 Å². The minimum atomic E-state index is -0.690. The molecule has 3 aromatic rings. The van der Waals surface area contributed by atoms with Gasteiger partial charge in [0.25, 0.3) is 0 Å². The third-order valence-electron chi connectivity index (χ3n) is 3.34. The summed E-state index contributed by atoms with van der Waals surface area (Å²) in [7, 11) is 1.25. The Morgan fingerprint density at radius 3 is 2.83 bits per heavy atom. The number of aliphatic imine (C=N–C) groups is 1. The van der Waals surface area contributed by atoms with Gasteiger partial charge in [-0.25, -0.2) is 9.59 Å². The van der Waals surface area contributed by atoms with Crippen molar-refractivity contribution in [3.63, 3.8) is 0 Å².